The van der Waals surface area contributed by atoms with E-state index in [4.69, 9.17) is 5.73 Å². The van der Waals surface area contributed by atoms with Gasteiger partial charge in [-0.2, -0.15) is 0 Å². The van der Waals surface area contributed by atoms with Gasteiger partial charge < -0.3 is 5.73 Å². The summed E-state index contributed by atoms with van der Waals surface area (Å²) in [5.41, 5.74) is 6.42. The fraction of sp³-hybridized carbons (Fsp3) is 0.333. The molecule has 0 bridgehead atoms. The highest BCUT2D eigenvalue weighted by atomic mass is 19.1. The molecule has 0 fully saturated rings. The number of nitrogens with two attached hydrogens (primary N) is 1. The molecule has 0 aromatic heterocycles. The van der Waals surface area contributed by atoms with Crippen LogP contribution < -0.4 is 5.73 Å². The van der Waals surface area contributed by atoms with Crippen molar-refractivity contribution in [1.29, 1.82) is 0 Å². The Kier molecular flexibility index (Phi) is 2.76. The third-order valence-electron chi connectivity index (χ3n) is 1.79. The molecule has 66 valence electrons. The summed E-state index contributed by atoms with van der Waals surface area (Å²) in [6.07, 6.45) is 0. The summed E-state index contributed by atoms with van der Waals surface area (Å²) >= 11 is 0. The second-order valence-electron chi connectivity index (χ2n) is 2.77. The number of hydrogen-bond acceptors (Lipinski definition) is 1. The molecule has 0 unspecified atom stereocenters. The van der Waals surface area contributed by atoms with Crippen LogP contribution in [0.25, 0.3) is 0 Å². The first-order valence-electron chi connectivity index (χ1n) is 3.72. The summed E-state index contributed by atoms with van der Waals surface area (Å²) in [6, 6.07) is 3.81. The van der Waals surface area contributed by atoms with Crippen molar-refractivity contribution in [2.75, 3.05) is 6.67 Å². The van der Waals surface area contributed by atoms with E-state index < -0.39 is 12.7 Å². The zero-order valence-electron chi connectivity index (χ0n) is 6.85. The SMILES string of the molecule is Cc1ccc([C@H](N)CF)cc1F. The van der Waals surface area contributed by atoms with Crippen LogP contribution in [0.15, 0.2) is 18.2 Å². The average Bonchev–Trinajstić information content (AvgIpc) is 2.08. The van der Waals surface area contributed by atoms with Gasteiger partial charge in [0.25, 0.3) is 0 Å². The van der Waals surface area contributed by atoms with Gasteiger partial charge in [0.15, 0.2) is 0 Å². The van der Waals surface area contributed by atoms with E-state index in [1.807, 2.05) is 0 Å². The monoisotopic (exact) mass is 171 g/mol. The van der Waals surface area contributed by atoms with Crippen LogP contribution in [0.3, 0.4) is 0 Å². The van der Waals surface area contributed by atoms with Gasteiger partial charge in [-0.1, -0.05) is 12.1 Å². The second-order valence-corrected chi connectivity index (χ2v) is 2.77. The third kappa shape index (κ3) is 1.80. The summed E-state index contributed by atoms with van der Waals surface area (Å²) in [7, 11) is 0. The van der Waals surface area contributed by atoms with Crippen LogP contribution in [0.1, 0.15) is 17.2 Å². The summed E-state index contributed by atoms with van der Waals surface area (Å²) < 4.78 is 25.0. The maximum absolute atomic E-state index is 12.9. The van der Waals surface area contributed by atoms with E-state index >= 15 is 0 Å². The van der Waals surface area contributed by atoms with Gasteiger partial charge in [-0.3, -0.25) is 0 Å². The minimum Gasteiger partial charge on any atom is -0.322 e. The fourth-order valence-corrected chi connectivity index (χ4v) is 0.929. The van der Waals surface area contributed by atoms with E-state index in [2.05, 4.69) is 0 Å². The van der Waals surface area contributed by atoms with E-state index in [1.165, 1.54) is 6.07 Å². The Morgan fingerprint density at radius 3 is 2.67 bits per heavy atom. The Balaban J connectivity index is 2.96. The molecule has 0 heterocycles. The lowest BCUT2D eigenvalue weighted by Gasteiger charge is -2.07. The lowest BCUT2D eigenvalue weighted by molar-refractivity contribution is 0.436. The average molecular weight is 171 g/mol. The first-order chi connectivity index (χ1) is 5.65. The molecule has 1 aromatic rings. The van der Waals surface area contributed by atoms with Gasteiger partial charge in [-0.25, -0.2) is 8.78 Å². The molecular weight excluding hydrogens is 160 g/mol. The molecule has 2 N–H and O–H groups in total. The Hall–Kier alpha value is -0.960. The highest BCUT2D eigenvalue weighted by Gasteiger charge is 2.06. The number of rotatable bonds is 2. The van der Waals surface area contributed by atoms with Gasteiger partial charge in [0.2, 0.25) is 0 Å². The number of alkyl halides is 1. The van der Waals surface area contributed by atoms with Crippen molar-refractivity contribution in [1.82, 2.24) is 0 Å². The van der Waals surface area contributed by atoms with Crippen LogP contribution in [-0.2, 0) is 0 Å². The molecule has 0 aliphatic heterocycles. The molecule has 0 radical (unpaired) electrons. The van der Waals surface area contributed by atoms with Crippen molar-refractivity contribution in [2.45, 2.75) is 13.0 Å². The Morgan fingerprint density at radius 1 is 1.50 bits per heavy atom. The fourth-order valence-electron chi connectivity index (χ4n) is 0.929. The molecule has 0 spiro atoms. The van der Waals surface area contributed by atoms with Gasteiger partial charge in [-0.05, 0) is 24.1 Å². The minimum absolute atomic E-state index is 0.337. The normalized spacial score (nSPS) is 13.0. The van der Waals surface area contributed by atoms with Crippen molar-refractivity contribution in [3.63, 3.8) is 0 Å². The second kappa shape index (κ2) is 3.63. The lowest BCUT2D eigenvalue weighted by Crippen LogP contribution is -2.12. The summed E-state index contributed by atoms with van der Waals surface area (Å²) in [5, 5.41) is 0. The van der Waals surface area contributed by atoms with Crippen molar-refractivity contribution in [3.8, 4) is 0 Å². The summed E-state index contributed by atoms with van der Waals surface area (Å²) in [6.45, 7) is 0.989. The van der Waals surface area contributed by atoms with Crippen LogP contribution in [0, 0.1) is 12.7 Å². The Bertz CT molecular complexity index is 273. The van der Waals surface area contributed by atoms with Crippen molar-refractivity contribution in [2.24, 2.45) is 5.73 Å². The number of benzene rings is 1. The van der Waals surface area contributed by atoms with Gasteiger partial charge in [0.05, 0.1) is 6.04 Å². The highest BCUT2D eigenvalue weighted by molar-refractivity contribution is 5.25. The predicted molar refractivity (Wildman–Crippen MR) is 44.0 cm³/mol. The van der Waals surface area contributed by atoms with E-state index in [0.29, 0.717) is 11.1 Å². The van der Waals surface area contributed by atoms with Crippen LogP contribution in [0.2, 0.25) is 0 Å². The third-order valence-corrected chi connectivity index (χ3v) is 1.79. The first-order valence-corrected chi connectivity index (χ1v) is 3.72. The van der Waals surface area contributed by atoms with E-state index in [9.17, 15) is 8.78 Å². The first kappa shape index (κ1) is 9.13. The molecular formula is C9H11F2N. The molecule has 1 rings (SSSR count). The zero-order chi connectivity index (χ0) is 9.14. The van der Waals surface area contributed by atoms with Crippen molar-refractivity contribution >= 4 is 0 Å². The molecule has 0 aliphatic rings. The quantitative estimate of drug-likeness (QED) is 0.724. The van der Waals surface area contributed by atoms with Crippen molar-refractivity contribution < 1.29 is 8.78 Å². The minimum atomic E-state index is -0.708. The number of halogens is 2. The molecule has 1 atom stereocenters. The largest absolute Gasteiger partial charge is 0.322 e. The van der Waals surface area contributed by atoms with Gasteiger partial charge >= 0.3 is 0 Å². The Labute approximate surface area is 70.2 Å². The van der Waals surface area contributed by atoms with Crippen LogP contribution in [0.4, 0.5) is 8.78 Å². The lowest BCUT2D eigenvalue weighted by atomic mass is 10.1. The maximum Gasteiger partial charge on any atom is 0.126 e. The van der Waals surface area contributed by atoms with Crippen molar-refractivity contribution in [3.05, 3.63) is 35.1 Å². The van der Waals surface area contributed by atoms with Gasteiger partial charge in [-0.15, -0.1) is 0 Å². The molecule has 0 amide bonds. The van der Waals surface area contributed by atoms with E-state index in [1.54, 1.807) is 19.1 Å². The van der Waals surface area contributed by atoms with E-state index in [0.717, 1.165) is 0 Å². The predicted octanol–water partition coefficient (Wildman–Crippen LogP) is 2.10. The molecule has 0 saturated carbocycles. The van der Waals surface area contributed by atoms with Crippen LogP contribution in [0.5, 0.6) is 0 Å². The summed E-state index contributed by atoms with van der Waals surface area (Å²) in [4.78, 5) is 0. The molecule has 12 heavy (non-hydrogen) atoms. The van der Waals surface area contributed by atoms with Gasteiger partial charge in [0, 0.05) is 0 Å². The summed E-state index contributed by atoms with van der Waals surface area (Å²) in [5.74, 6) is -0.337. The molecule has 3 heteroatoms. The molecule has 0 saturated heterocycles. The smallest absolute Gasteiger partial charge is 0.126 e. The van der Waals surface area contributed by atoms with Crippen LogP contribution >= 0.6 is 0 Å². The zero-order valence-corrected chi connectivity index (χ0v) is 6.85. The standard InChI is InChI=1S/C9H11F2N/c1-6-2-3-7(4-8(6)11)9(12)5-10/h2-4,9H,5,12H2,1H3/t9-/m1/s1. The molecule has 0 aliphatic carbocycles. The topological polar surface area (TPSA) is 26.0 Å². The Morgan fingerprint density at radius 2 is 2.17 bits per heavy atom. The number of hydrogen-bond donors (Lipinski definition) is 1. The molecule has 1 nitrogen and oxygen atoms in total. The van der Waals surface area contributed by atoms with Crippen LogP contribution in [-0.4, -0.2) is 6.67 Å². The maximum atomic E-state index is 12.9. The van der Waals surface area contributed by atoms with Gasteiger partial charge in [0.1, 0.15) is 12.5 Å². The highest BCUT2D eigenvalue weighted by Crippen LogP contribution is 2.14. The number of aryl methyl sites for hydroxylation is 1. The van der Waals surface area contributed by atoms with E-state index in [-0.39, 0.29) is 5.82 Å². The molecule has 1 aromatic carbocycles.